The summed E-state index contributed by atoms with van der Waals surface area (Å²) >= 11 is 0. The van der Waals surface area contributed by atoms with Crippen LogP contribution < -0.4 is 0 Å². The Morgan fingerprint density at radius 2 is 1.64 bits per heavy atom. The summed E-state index contributed by atoms with van der Waals surface area (Å²) in [5.41, 5.74) is 2.18. The molecule has 0 radical (unpaired) electrons. The lowest BCUT2D eigenvalue weighted by atomic mass is 10.1. The van der Waals surface area contributed by atoms with E-state index < -0.39 is 10.0 Å². The molecule has 2 heterocycles. The van der Waals surface area contributed by atoms with Crippen LogP contribution in [-0.2, 0) is 23.5 Å². The molecule has 1 aliphatic heterocycles. The summed E-state index contributed by atoms with van der Waals surface area (Å²) in [6.07, 6.45) is 4.03. The molecule has 0 fully saturated rings. The first-order chi connectivity index (χ1) is 13.5. The van der Waals surface area contributed by atoms with E-state index >= 15 is 0 Å². The second-order valence-electron chi connectivity index (χ2n) is 6.71. The van der Waals surface area contributed by atoms with Crippen LogP contribution in [0.15, 0.2) is 83.5 Å². The maximum absolute atomic E-state index is 13.3. The number of nitrogens with zero attached hydrogens (tertiary/aromatic N) is 2. The van der Waals surface area contributed by atoms with Gasteiger partial charge in [0, 0.05) is 31.0 Å². The predicted molar refractivity (Wildman–Crippen MR) is 108 cm³/mol. The molecule has 0 unspecified atom stereocenters. The number of ketones is 1. The van der Waals surface area contributed by atoms with Crippen molar-refractivity contribution < 1.29 is 13.2 Å². The number of hydrogen-bond donors (Lipinski definition) is 0. The Bertz CT molecular complexity index is 1160. The molecular weight excluding hydrogens is 372 g/mol. The molecule has 28 heavy (non-hydrogen) atoms. The first-order valence-corrected chi connectivity index (χ1v) is 10.5. The predicted octanol–water partition coefficient (Wildman–Crippen LogP) is 3.50. The van der Waals surface area contributed by atoms with Gasteiger partial charge in [0.25, 0.3) is 10.0 Å². The molecule has 0 atom stereocenters. The topological polar surface area (TPSA) is 59.4 Å². The van der Waals surface area contributed by atoms with Crippen LogP contribution in [0, 0.1) is 0 Å². The van der Waals surface area contributed by atoms with Crippen LogP contribution in [0.2, 0.25) is 0 Å². The summed E-state index contributed by atoms with van der Waals surface area (Å²) < 4.78 is 29.7. The molecule has 3 aromatic rings. The van der Waals surface area contributed by atoms with Crippen LogP contribution in [-0.4, -0.2) is 29.6 Å². The highest BCUT2D eigenvalue weighted by atomic mass is 32.2. The van der Waals surface area contributed by atoms with Crippen molar-refractivity contribution in [1.82, 2.24) is 8.87 Å². The number of aryl methyl sites for hydroxylation is 1. The van der Waals surface area contributed by atoms with E-state index in [9.17, 15) is 13.2 Å². The number of hydrogen-bond acceptors (Lipinski definition) is 3. The molecule has 142 valence electrons. The number of Topliss-reactive ketones (excluding diaryl/α,β-unsaturated/α-hetero) is 1. The highest BCUT2D eigenvalue weighted by Gasteiger charge is 2.39. The molecule has 0 spiro atoms. The van der Waals surface area contributed by atoms with Crippen molar-refractivity contribution in [2.45, 2.75) is 11.3 Å². The van der Waals surface area contributed by atoms with Crippen molar-refractivity contribution in [3.8, 4) is 0 Å². The lowest BCUT2D eigenvalue weighted by molar-refractivity contribution is 0.100. The average Bonchev–Trinajstić information content (AvgIpc) is 3.11. The third kappa shape index (κ3) is 3.16. The van der Waals surface area contributed by atoms with Gasteiger partial charge in [-0.2, -0.15) is 0 Å². The van der Waals surface area contributed by atoms with Gasteiger partial charge in [-0.3, -0.25) is 9.10 Å². The first kappa shape index (κ1) is 18.3. The summed E-state index contributed by atoms with van der Waals surface area (Å²) in [7, 11) is -1.96. The largest absolute Gasteiger partial charge is 0.351 e. The van der Waals surface area contributed by atoms with E-state index in [-0.39, 0.29) is 28.5 Å². The van der Waals surface area contributed by atoms with Crippen molar-refractivity contribution in [3.05, 3.63) is 95.4 Å². The minimum absolute atomic E-state index is 0.0668. The normalized spacial score (nSPS) is 17.0. The zero-order valence-corrected chi connectivity index (χ0v) is 16.3. The molecule has 6 heteroatoms. The van der Waals surface area contributed by atoms with E-state index in [1.165, 1.54) is 10.4 Å². The summed E-state index contributed by atoms with van der Waals surface area (Å²) in [6.45, 7) is 0.197. The Morgan fingerprint density at radius 1 is 0.929 bits per heavy atom. The van der Waals surface area contributed by atoms with E-state index in [1.807, 2.05) is 60.3 Å². The number of allylic oxidation sites excluding steroid dienone is 1. The fourth-order valence-corrected chi connectivity index (χ4v) is 5.05. The molecule has 2 aromatic carbocycles. The van der Waals surface area contributed by atoms with Gasteiger partial charge in [0.05, 0.1) is 4.90 Å². The van der Waals surface area contributed by atoms with Gasteiger partial charge in [-0.25, -0.2) is 8.42 Å². The second kappa shape index (κ2) is 7.13. The number of aromatic nitrogens is 1. The maximum Gasteiger partial charge on any atom is 0.265 e. The van der Waals surface area contributed by atoms with Crippen LogP contribution in [0.1, 0.15) is 21.6 Å². The van der Waals surface area contributed by atoms with Gasteiger partial charge in [-0.05, 0) is 42.3 Å². The molecule has 4 rings (SSSR count). The van der Waals surface area contributed by atoms with Crippen LogP contribution in [0.25, 0.3) is 6.08 Å². The number of carbonyl (C=O) groups is 1. The SMILES string of the molecule is Cn1cccc1/C=C1\C(=O)c2ccccc2S(=O)(=O)N1CCc1ccccc1. The van der Waals surface area contributed by atoms with E-state index in [0.29, 0.717) is 6.42 Å². The fraction of sp³-hybridized carbons (Fsp3) is 0.136. The Labute approximate surface area is 164 Å². The van der Waals surface area contributed by atoms with Gasteiger partial charge in [-0.15, -0.1) is 0 Å². The molecule has 1 aromatic heterocycles. The minimum atomic E-state index is -3.82. The lowest BCUT2D eigenvalue weighted by Gasteiger charge is -2.31. The minimum Gasteiger partial charge on any atom is -0.351 e. The third-order valence-electron chi connectivity index (χ3n) is 4.92. The van der Waals surface area contributed by atoms with Gasteiger partial charge in [0.2, 0.25) is 5.78 Å². The molecule has 1 aliphatic rings. The molecule has 0 saturated heterocycles. The Kier molecular flexibility index (Phi) is 4.65. The van der Waals surface area contributed by atoms with Gasteiger partial charge in [-0.1, -0.05) is 42.5 Å². The van der Waals surface area contributed by atoms with Crippen LogP contribution >= 0.6 is 0 Å². The third-order valence-corrected chi connectivity index (χ3v) is 6.79. The van der Waals surface area contributed by atoms with Crippen LogP contribution in [0.5, 0.6) is 0 Å². The second-order valence-corrected chi connectivity index (χ2v) is 8.54. The highest BCUT2D eigenvalue weighted by molar-refractivity contribution is 7.89. The van der Waals surface area contributed by atoms with Gasteiger partial charge < -0.3 is 4.57 Å². The average molecular weight is 392 g/mol. The van der Waals surface area contributed by atoms with Crippen molar-refractivity contribution in [2.75, 3.05) is 6.54 Å². The van der Waals surface area contributed by atoms with Crippen LogP contribution in [0.3, 0.4) is 0 Å². The van der Waals surface area contributed by atoms with E-state index in [1.54, 1.807) is 24.3 Å². The zero-order valence-electron chi connectivity index (χ0n) is 15.4. The molecule has 0 N–H and O–H groups in total. The van der Waals surface area contributed by atoms with Crippen molar-refractivity contribution in [1.29, 1.82) is 0 Å². The maximum atomic E-state index is 13.3. The number of sulfonamides is 1. The number of fused-ring (bicyclic) bond motifs is 1. The van der Waals surface area contributed by atoms with Crippen molar-refractivity contribution in [3.63, 3.8) is 0 Å². The summed E-state index contributed by atoms with van der Waals surface area (Å²) in [4.78, 5) is 13.2. The lowest BCUT2D eigenvalue weighted by Crippen LogP contribution is -2.40. The monoisotopic (exact) mass is 392 g/mol. The van der Waals surface area contributed by atoms with E-state index in [4.69, 9.17) is 0 Å². The Hall–Kier alpha value is -3.12. The van der Waals surface area contributed by atoms with E-state index in [0.717, 1.165) is 11.3 Å². The van der Waals surface area contributed by atoms with Gasteiger partial charge >= 0.3 is 0 Å². The molecule has 0 aliphatic carbocycles. The Balaban J connectivity index is 1.82. The van der Waals surface area contributed by atoms with Crippen molar-refractivity contribution in [2.24, 2.45) is 7.05 Å². The quantitative estimate of drug-likeness (QED) is 0.639. The van der Waals surface area contributed by atoms with Crippen molar-refractivity contribution >= 4 is 21.9 Å². The highest BCUT2D eigenvalue weighted by Crippen LogP contribution is 2.33. The summed E-state index contributed by atoms with van der Waals surface area (Å²) in [6, 6.07) is 19.8. The number of benzene rings is 2. The summed E-state index contributed by atoms with van der Waals surface area (Å²) in [5.74, 6) is -0.278. The van der Waals surface area contributed by atoms with Gasteiger partial charge in [0.15, 0.2) is 0 Å². The molecule has 0 amide bonds. The standard InChI is InChI=1S/C22H20N2O3S/c1-23-14-7-10-18(23)16-20-22(25)19-11-5-6-12-21(19)28(26,27)24(20)15-13-17-8-3-2-4-9-17/h2-12,14,16H,13,15H2,1H3/b20-16+. The molecular formula is C22H20N2O3S. The fourth-order valence-electron chi connectivity index (χ4n) is 3.40. The Morgan fingerprint density at radius 3 is 2.36 bits per heavy atom. The summed E-state index contributed by atoms with van der Waals surface area (Å²) in [5, 5.41) is 0. The molecule has 0 bridgehead atoms. The molecule has 0 saturated carbocycles. The van der Waals surface area contributed by atoms with E-state index in [2.05, 4.69) is 0 Å². The smallest absolute Gasteiger partial charge is 0.265 e. The zero-order chi connectivity index (χ0) is 19.7. The number of carbonyl (C=O) groups excluding carboxylic acids is 1. The van der Waals surface area contributed by atoms with Crippen LogP contribution in [0.4, 0.5) is 0 Å². The van der Waals surface area contributed by atoms with Gasteiger partial charge in [0.1, 0.15) is 5.70 Å². The number of rotatable bonds is 4. The first-order valence-electron chi connectivity index (χ1n) is 9.02. The molecule has 5 nitrogen and oxygen atoms in total.